The Morgan fingerprint density at radius 3 is 2.25 bits per heavy atom. The zero-order valence-corrected chi connectivity index (χ0v) is 16.3. The van der Waals surface area contributed by atoms with Gasteiger partial charge in [0.15, 0.2) is 9.84 Å². The third-order valence-electron chi connectivity index (χ3n) is 4.57. The van der Waals surface area contributed by atoms with Gasteiger partial charge in [-0.1, -0.05) is 18.2 Å². The molecule has 0 saturated carbocycles. The number of nitrogens with zero attached hydrogens (tertiary/aromatic N) is 1. The summed E-state index contributed by atoms with van der Waals surface area (Å²) in [6, 6.07) is 15.4. The third kappa shape index (κ3) is 5.54. The van der Waals surface area contributed by atoms with Gasteiger partial charge in [0.05, 0.1) is 29.8 Å². The number of amides is 1. The first-order valence-electron chi connectivity index (χ1n) is 9.09. The summed E-state index contributed by atoms with van der Waals surface area (Å²) in [5.74, 6) is -0.511. The number of benzene rings is 2. The number of carbonyl (C=O) groups is 1. The Labute approximate surface area is 165 Å². The van der Waals surface area contributed by atoms with Crippen molar-refractivity contribution in [3.63, 3.8) is 0 Å². The lowest BCUT2D eigenvalue weighted by molar-refractivity contribution is -0.122. The highest BCUT2D eigenvalue weighted by molar-refractivity contribution is 7.91. The SMILES string of the molecule is NC(=O)C(CN1CCOCC1)CS(=O)(=O)c1ccc(Oc2ccccc2)cc1. The molecule has 150 valence electrons. The fraction of sp³-hybridized carbons (Fsp3) is 0.350. The lowest BCUT2D eigenvalue weighted by Gasteiger charge is -2.29. The van der Waals surface area contributed by atoms with Gasteiger partial charge < -0.3 is 15.2 Å². The molecule has 2 aromatic rings. The Bertz CT molecular complexity index is 879. The molecule has 0 radical (unpaired) electrons. The first-order valence-corrected chi connectivity index (χ1v) is 10.7. The molecule has 1 amide bonds. The molecule has 1 aliphatic rings. The number of hydrogen-bond acceptors (Lipinski definition) is 6. The molecule has 1 heterocycles. The molecule has 0 bridgehead atoms. The van der Waals surface area contributed by atoms with E-state index in [4.69, 9.17) is 15.2 Å². The van der Waals surface area contributed by atoms with Gasteiger partial charge in [-0.05, 0) is 36.4 Å². The van der Waals surface area contributed by atoms with Crippen molar-refractivity contribution in [1.82, 2.24) is 4.90 Å². The minimum Gasteiger partial charge on any atom is -0.457 e. The van der Waals surface area contributed by atoms with Gasteiger partial charge in [-0.2, -0.15) is 0 Å². The molecule has 0 spiro atoms. The molecule has 3 rings (SSSR count). The van der Waals surface area contributed by atoms with E-state index in [1.807, 2.05) is 35.2 Å². The molecule has 28 heavy (non-hydrogen) atoms. The zero-order valence-electron chi connectivity index (χ0n) is 15.5. The van der Waals surface area contributed by atoms with Crippen LogP contribution in [0.15, 0.2) is 59.5 Å². The minimum absolute atomic E-state index is 0.140. The lowest BCUT2D eigenvalue weighted by atomic mass is 10.1. The zero-order chi connectivity index (χ0) is 20.0. The summed E-state index contributed by atoms with van der Waals surface area (Å²) in [6.45, 7) is 2.78. The second-order valence-corrected chi connectivity index (χ2v) is 8.71. The second kappa shape index (κ2) is 9.18. The normalized spacial score (nSPS) is 16.4. The first-order chi connectivity index (χ1) is 13.4. The van der Waals surface area contributed by atoms with Crippen LogP contribution in [-0.2, 0) is 19.4 Å². The first kappa shape index (κ1) is 20.3. The van der Waals surface area contributed by atoms with Crippen LogP contribution in [0.2, 0.25) is 0 Å². The highest BCUT2D eigenvalue weighted by Gasteiger charge is 2.28. The van der Waals surface area contributed by atoms with Crippen LogP contribution in [-0.4, -0.2) is 57.8 Å². The van der Waals surface area contributed by atoms with Crippen molar-refractivity contribution in [1.29, 1.82) is 0 Å². The maximum atomic E-state index is 12.8. The van der Waals surface area contributed by atoms with Crippen molar-refractivity contribution in [2.75, 3.05) is 38.6 Å². The summed E-state index contributed by atoms with van der Waals surface area (Å²) < 4.78 is 36.5. The average molecular weight is 404 g/mol. The van der Waals surface area contributed by atoms with Crippen LogP contribution >= 0.6 is 0 Å². The monoisotopic (exact) mass is 404 g/mol. The second-order valence-electron chi connectivity index (χ2n) is 6.68. The van der Waals surface area contributed by atoms with E-state index in [2.05, 4.69) is 0 Å². The number of ether oxygens (including phenoxy) is 2. The lowest BCUT2D eigenvalue weighted by Crippen LogP contribution is -2.44. The molecule has 1 fully saturated rings. The van der Waals surface area contributed by atoms with E-state index >= 15 is 0 Å². The highest BCUT2D eigenvalue weighted by atomic mass is 32.2. The van der Waals surface area contributed by atoms with E-state index in [1.165, 1.54) is 12.1 Å². The molecule has 1 aliphatic heterocycles. The van der Waals surface area contributed by atoms with Gasteiger partial charge in [0.2, 0.25) is 5.91 Å². The van der Waals surface area contributed by atoms with E-state index in [9.17, 15) is 13.2 Å². The van der Waals surface area contributed by atoms with Crippen LogP contribution in [0.4, 0.5) is 0 Å². The van der Waals surface area contributed by atoms with E-state index in [0.717, 1.165) is 0 Å². The number of nitrogens with two attached hydrogens (primary N) is 1. The Hall–Kier alpha value is -2.42. The van der Waals surface area contributed by atoms with Crippen molar-refractivity contribution in [2.45, 2.75) is 4.90 Å². The van der Waals surface area contributed by atoms with Crippen LogP contribution < -0.4 is 10.5 Å². The largest absolute Gasteiger partial charge is 0.457 e. The number of sulfone groups is 1. The predicted molar refractivity (Wildman–Crippen MR) is 105 cm³/mol. The average Bonchev–Trinajstić information content (AvgIpc) is 2.69. The van der Waals surface area contributed by atoms with Gasteiger partial charge in [0.1, 0.15) is 11.5 Å². The quantitative estimate of drug-likeness (QED) is 0.719. The number of hydrogen-bond donors (Lipinski definition) is 1. The van der Waals surface area contributed by atoms with Gasteiger partial charge in [0.25, 0.3) is 0 Å². The molecular weight excluding hydrogens is 380 g/mol. The van der Waals surface area contributed by atoms with Crippen molar-refractivity contribution in [2.24, 2.45) is 11.7 Å². The number of morpholine rings is 1. The Kier molecular flexibility index (Phi) is 6.66. The standard InChI is InChI=1S/C20H24N2O5S/c21-20(23)16(14-22-10-12-26-13-11-22)15-28(24,25)19-8-6-18(7-9-19)27-17-4-2-1-3-5-17/h1-9,16H,10-15H2,(H2,21,23). The molecule has 0 aromatic heterocycles. The summed E-state index contributed by atoms with van der Waals surface area (Å²) in [4.78, 5) is 14.0. The van der Waals surface area contributed by atoms with Gasteiger partial charge in [-0.25, -0.2) is 8.42 Å². The van der Waals surface area contributed by atoms with E-state index in [0.29, 0.717) is 44.3 Å². The maximum Gasteiger partial charge on any atom is 0.222 e. The van der Waals surface area contributed by atoms with Gasteiger partial charge in [-0.15, -0.1) is 0 Å². The fourth-order valence-corrected chi connectivity index (χ4v) is 4.56. The minimum atomic E-state index is -3.66. The molecule has 7 nitrogen and oxygen atoms in total. The van der Waals surface area contributed by atoms with Crippen LogP contribution in [0.3, 0.4) is 0 Å². The summed E-state index contributed by atoms with van der Waals surface area (Å²) in [5.41, 5.74) is 5.47. The summed E-state index contributed by atoms with van der Waals surface area (Å²) in [5, 5.41) is 0. The van der Waals surface area contributed by atoms with Crippen LogP contribution in [0.25, 0.3) is 0 Å². The summed E-state index contributed by atoms with van der Waals surface area (Å²) >= 11 is 0. The molecule has 1 atom stereocenters. The molecule has 0 aliphatic carbocycles. The van der Waals surface area contributed by atoms with Crippen molar-refractivity contribution >= 4 is 15.7 Å². The van der Waals surface area contributed by atoms with Crippen molar-refractivity contribution < 1.29 is 22.7 Å². The van der Waals surface area contributed by atoms with Gasteiger partial charge >= 0.3 is 0 Å². The van der Waals surface area contributed by atoms with E-state index < -0.39 is 21.7 Å². The number of para-hydroxylation sites is 1. The van der Waals surface area contributed by atoms with Crippen LogP contribution in [0, 0.1) is 5.92 Å². The summed E-state index contributed by atoms with van der Waals surface area (Å²) in [7, 11) is -3.66. The number of primary amides is 1. The Balaban J connectivity index is 1.67. The van der Waals surface area contributed by atoms with E-state index in [-0.39, 0.29) is 10.6 Å². The summed E-state index contributed by atoms with van der Waals surface area (Å²) in [6.07, 6.45) is 0. The Morgan fingerprint density at radius 2 is 1.64 bits per heavy atom. The molecular formula is C20H24N2O5S. The molecule has 2 N–H and O–H groups in total. The predicted octanol–water partition coefficient (Wildman–Crippen LogP) is 1.69. The highest BCUT2D eigenvalue weighted by Crippen LogP contribution is 2.24. The molecule has 8 heteroatoms. The van der Waals surface area contributed by atoms with Gasteiger partial charge in [-0.3, -0.25) is 9.69 Å². The van der Waals surface area contributed by atoms with Crippen LogP contribution in [0.1, 0.15) is 0 Å². The smallest absolute Gasteiger partial charge is 0.222 e. The topological polar surface area (TPSA) is 98.9 Å². The van der Waals surface area contributed by atoms with E-state index in [1.54, 1.807) is 12.1 Å². The molecule has 2 aromatic carbocycles. The molecule has 1 unspecified atom stereocenters. The third-order valence-corrected chi connectivity index (χ3v) is 6.40. The van der Waals surface area contributed by atoms with Crippen molar-refractivity contribution in [3.05, 3.63) is 54.6 Å². The van der Waals surface area contributed by atoms with Crippen molar-refractivity contribution in [3.8, 4) is 11.5 Å². The fourth-order valence-electron chi connectivity index (χ4n) is 3.02. The Morgan fingerprint density at radius 1 is 1.04 bits per heavy atom. The van der Waals surface area contributed by atoms with Crippen LogP contribution in [0.5, 0.6) is 11.5 Å². The molecule has 1 saturated heterocycles. The maximum absolute atomic E-state index is 12.8. The number of rotatable bonds is 8. The van der Waals surface area contributed by atoms with Gasteiger partial charge in [0, 0.05) is 19.6 Å². The number of carbonyl (C=O) groups excluding carboxylic acids is 1.